The van der Waals surface area contributed by atoms with E-state index >= 15 is 0 Å². The highest BCUT2D eigenvalue weighted by Gasteiger charge is 2.28. The Morgan fingerprint density at radius 3 is 2.95 bits per heavy atom. The van der Waals surface area contributed by atoms with E-state index in [4.69, 9.17) is 4.74 Å². The highest BCUT2D eigenvalue weighted by Crippen LogP contribution is 2.16. The van der Waals surface area contributed by atoms with Crippen LogP contribution in [0.3, 0.4) is 0 Å². The Morgan fingerprint density at radius 2 is 2.21 bits per heavy atom. The normalized spacial score (nSPS) is 23.2. The average molecular weight is 266 g/mol. The number of ether oxygens (including phenoxy) is 1. The van der Waals surface area contributed by atoms with E-state index in [1.807, 2.05) is 13.8 Å². The molecule has 1 saturated heterocycles. The van der Waals surface area contributed by atoms with Crippen LogP contribution >= 0.6 is 0 Å². The van der Waals surface area contributed by atoms with Crippen molar-refractivity contribution in [3.8, 4) is 5.75 Å². The van der Waals surface area contributed by atoms with E-state index in [0.717, 1.165) is 6.54 Å². The van der Waals surface area contributed by atoms with Crippen LogP contribution in [0.5, 0.6) is 5.75 Å². The second kappa shape index (κ2) is 6.02. The average Bonchev–Trinajstić information content (AvgIpc) is 2.40. The van der Waals surface area contributed by atoms with Crippen molar-refractivity contribution < 1.29 is 13.9 Å². The van der Waals surface area contributed by atoms with E-state index in [2.05, 4.69) is 5.32 Å². The van der Waals surface area contributed by atoms with Crippen LogP contribution in [0.1, 0.15) is 13.8 Å². The molecular weight excluding hydrogens is 247 g/mol. The molecule has 0 spiro atoms. The second-order valence-electron chi connectivity index (χ2n) is 4.79. The molecule has 1 aliphatic rings. The number of para-hydroxylation sites is 1. The predicted octanol–water partition coefficient (Wildman–Crippen LogP) is 1.41. The fourth-order valence-electron chi connectivity index (χ4n) is 2.19. The highest BCUT2D eigenvalue weighted by molar-refractivity contribution is 5.78. The van der Waals surface area contributed by atoms with Crippen LogP contribution in [-0.4, -0.2) is 42.6 Å². The monoisotopic (exact) mass is 266 g/mol. The number of amides is 1. The van der Waals surface area contributed by atoms with Gasteiger partial charge in [-0.3, -0.25) is 4.79 Å². The highest BCUT2D eigenvalue weighted by atomic mass is 19.1. The number of nitrogens with zero attached hydrogens (tertiary/aromatic N) is 1. The van der Waals surface area contributed by atoms with Gasteiger partial charge in [-0.2, -0.15) is 0 Å². The number of halogens is 1. The second-order valence-corrected chi connectivity index (χ2v) is 4.79. The van der Waals surface area contributed by atoms with Crippen LogP contribution in [0, 0.1) is 5.82 Å². The fraction of sp³-hybridized carbons (Fsp3) is 0.500. The zero-order valence-electron chi connectivity index (χ0n) is 11.2. The van der Waals surface area contributed by atoms with Gasteiger partial charge in [0.15, 0.2) is 18.2 Å². The standard InChI is InChI=1S/C14H19FN2O2/c1-10-11(2)17(8-7-16-10)14(18)9-19-13-6-4-3-5-12(13)15/h3-6,10-11,16H,7-9H2,1-2H3. The molecule has 1 N–H and O–H groups in total. The zero-order chi connectivity index (χ0) is 13.8. The Kier molecular flexibility index (Phi) is 4.37. The Bertz CT molecular complexity index is 453. The van der Waals surface area contributed by atoms with Crippen molar-refractivity contribution in [2.75, 3.05) is 19.7 Å². The summed E-state index contributed by atoms with van der Waals surface area (Å²) in [6.07, 6.45) is 0. The molecule has 0 radical (unpaired) electrons. The topological polar surface area (TPSA) is 41.6 Å². The van der Waals surface area contributed by atoms with E-state index in [1.165, 1.54) is 12.1 Å². The number of benzene rings is 1. The predicted molar refractivity (Wildman–Crippen MR) is 70.5 cm³/mol. The first-order valence-electron chi connectivity index (χ1n) is 6.50. The molecule has 2 atom stereocenters. The number of rotatable bonds is 3. The molecule has 0 aliphatic carbocycles. The van der Waals surface area contributed by atoms with Gasteiger partial charge in [0.2, 0.25) is 0 Å². The maximum Gasteiger partial charge on any atom is 0.260 e. The fourth-order valence-corrected chi connectivity index (χ4v) is 2.19. The summed E-state index contributed by atoms with van der Waals surface area (Å²) >= 11 is 0. The molecular formula is C14H19FN2O2. The number of hydrogen-bond donors (Lipinski definition) is 1. The molecule has 1 amide bonds. The van der Waals surface area contributed by atoms with E-state index in [1.54, 1.807) is 17.0 Å². The largest absolute Gasteiger partial charge is 0.481 e. The Labute approximate surface area is 112 Å². The lowest BCUT2D eigenvalue weighted by molar-refractivity contribution is -0.137. The van der Waals surface area contributed by atoms with Gasteiger partial charge < -0.3 is 15.0 Å². The van der Waals surface area contributed by atoms with Gasteiger partial charge in [0.25, 0.3) is 5.91 Å². The van der Waals surface area contributed by atoms with Gasteiger partial charge in [0, 0.05) is 25.2 Å². The number of carbonyl (C=O) groups excluding carboxylic acids is 1. The lowest BCUT2D eigenvalue weighted by Gasteiger charge is -2.38. The van der Waals surface area contributed by atoms with Crippen LogP contribution < -0.4 is 10.1 Å². The summed E-state index contributed by atoms with van der Waals surface area (Å²) in [4.78, 5) is 13.9. The first-order chi connectivity index (χ1) is 9.09. The molecule has 0 saturated carbocycles. The van der Waals surface area contributed by atoms with Crippen LogP contribution in [0.4, 0.5) is 4.39 Å². The minimum absolute atomic E-state index is 0.107. The van der Waals surface area contributed by atoms with E-state index in [0.29, 0.717) is 6.54 Å². The van der Waals surface area contributed by atoms with Gasteiger partial charge >= 0.3 is 0 Å². The number of nitrogens with one attached hydrogen (secondary N) is 1. The van der Waals surface area contributed by atoms with Gasteiger partial charge in [0.05, 0.1) is 0 Å². The Morgan fingerprint density at radius 1 is 1.47 bits per heavy atom. The van der Waals surface area contributed by atoms with Crippen LogP contribution in [-0.2, 0) is 4.79 Å². The maximum atomic E-state index is 13.4. The van der Waals surface area contributed by atoms with Gasteiger partial charge in [-0.05, 0) is 26.0 Å². The summed E-state index contributed by atoms with van der Waals surface area (Å²) in [5.74, 6) is -0.437. The first kappa shape index (κ1) is 13.8. The van der Waals surface area contributed by atoms with Crippen molar-refractivity contribution in [2.45, 2.75) is 25.9 Å². The maximum absolute atomic E-state index is 13.4. The van der Waals surface area contributed by atoms with Crippen molar-refractivity contribution in [1.82, 2.24) is 10.2 Å². The molecule has 1 aromatic carbocycles. The van der Waals surface area contributed by atoms with Crippen molar-refractivity contribution >= 4 is 5.91 Å². The van der Waals surface area contributed by atoms with Crippen molar-refractivity contribution in [2.24, 2.45) is 0 Å². The van der Waals surface area contributed by atoms with Gasteiger partial charge in [0.1, 0.15) is 0 Å². The molecule has 1 heterocycles. The third kappa shape index (κ3) is 3.23. The summed E-state index contributed by atoms with van der Waals surface area (Å²) < 4.78 is 18.6. The SMILES string of the molecule is CC1NCCN(C(=O)COc2ccccc2F)C1C. The van der Waals surface area contributed by atoms with Gasteiger partial charge in [-0.25, -0.2) is 4.39 Å². The molecule has 1 fully saturated rings. The number of hydrogen-bond acceptors (Lipinski definition) is 3. The summed E-state index contributed by atoms with van der Waals surface area (Å²) in [5, 5.41) is 3.30. The molecule has 5 heteroatoms. The number of carbonyl (C=O) groups is 1. The van der Waals surface area contributed by atoms with Crippen molar-refractivity contribution in [3.05, 3.63) is 30.1 Å². The van der Waals surface area contributed by atoms with Crippen LogP contribution in [0.2, 0.25) is 0 Å². The molecule has 2 unspecified atom stereocenters. The molecule has 104 valence electrons. The lowest BCUT2D eigenvalue weighted by atomic mass is 10.1. The summed E-state index contributed by atoms with van der Waals surface area (Å²) in [5.41, 5.74) is 0. The quantitative estimate of drug-likeness (QED) is 0.899. The Balaban J connectivity index is 1.92. The molecule has 4 nitrogen and oxygen atoms in total. The van der Waals surface area contributed by atoms with Crippen molar-refractivity contribution in [1.29, 1.82) is 0 Å². The third-order valence-corrected chi connectivity index (χ3v) is 3.54. The van der Waals surface area contributed by atoms with Gasteiger partial charge in [-0.1, -0.05) is 12.1 Å². The van der Waals surface area contributed by atoms with Crippen molar-refractivity contribution in [3.63, 3.8) is 0 Å². The summed E-state index contributed by atoms with van der Waals surface area (Å²) in [6.45, 7) is 5.35. The van der Waals surface area contributed by atoms with Crippen LogP contribution in [0.15, 0.2) is 24.3 Å². The molecule has 0 aromatic heterocycles. The first-order valence-corrected chi connectivity index (χ1v) is 6.50. The summed E-state index contributed by atoms with van der Waals surface area (Å²) in [7, 11) is 0. The summed E-state index contributed by atoms with van der Waals surface area (Å²) in [6, 6.07) is 6.47. The van der Waals surface area contributed by atoms with Gasteiger partial charge in [-0.15, -0.1) is 0 Å². The van der Waals surface area contributed by atoms with E-state index < -0.39 is 5.82 Å². The molecule has 1 aromatic rings. The molecule has 0 bridgehead atoms. The molecule has 1 aliphatic heterocycles. The lowest BCUT2D eigenvalue weighted by Crippen LogP contribution is -2.58. The molecule has 19 heavy (non-hydrogen) atoms. The molecule has 2 rings (SSSR count). The smallest absolute Gasteiger partial charge is 0.260 e. The Hall–Kier alpha value is -1.62. The van der Waals surface area contributed by atoms with E-state index in [-0.39, 0.29) is 30.3 Å². The van der Waals surface area contributed by atoms with Crippen LogP contribution in [0.25, 0.3) is 0 Å². The third-order valence-electron chi connectivity index (χ3n) is 3.54. The number of piperazine rings is 1. The minimum Gasteiger partial charge on any atom is -0.481 e. The zero-order valence-corrected chi connectivity index (χ0v) is 11.2. The minimum atomic E-state index is -0.447. The van der Waals surface area contributed by atoms with E-state index in [9.17, 15) is 9.18 Å².